The van der Waals surface area contributed by atoms with Crippen molar-refractivity contribution in [2.45, 2.75) is 0 Å². The van der Waals surface area contributed by atoms with Crippen LogP contribution in [0.5, 0.6) is 11.5 Å². The van der Waals surface area contributed by atoms with Gasteiger partial charge in [0.25, 0.3) is 5.91 Å². The predicted molar refractivity (Wildman–Crippen MR) is 102 cm³/mol. The quantitative estimate of drug-likeness (QED) is 0.608. The van der Waals surface area contributed by atoms with Crippen molar-refractivity contribution in [1.82, 2.24) is 0 Å². The topological polar surface area (TPSA) is 38.8 Å². The van der Waals surface area contributed by atoms with E-state index in [0.717, 1.165) is 11.3 Å². The molecule has 0 unspecified atom stereocenters. The lowest BCUT2D eigenvalue weighted by Gasteiger charge is -2.13. The van der Waals surface area contributed by atoms with Crippen LogP contribution in [0, 0.1) is 0 Å². The molecule has 1 fully saturated rings. The van der Waals surface area contributed by atoms with Crippen molar-refractivity contribution in [3.05, 3.63) is 59.0 Å². The standard InChI is InChI=1S/C18H15NO3S2/c1-21-14-8-12(9-15(11-14)22-2)10-16-17(20)19(18(23)24-16)13-6-4-3-5-7-13/h3-11H,1-2H3/b16-10+. The molecule has 0 radical (unpaired) electrons. The molecular weight excluding hydrogens is 342 g/mol. The summed E-state index contributed by atoms with van der Waals surface area (Å²) in [6.07, 6.45) is 1.80. The Balaban J connectivity index is 1.95. The summed E-state index contributed by atoms with van der Waals surface area (Å²) in [6, 6.07) is 14.9. The number of carbonyl (C=O) groups excluding carboxylic acids is 1. The average Bonchev–Trinajstić information content (AvgIpc) is 2.88. The van der Waals surface area contributed by atoms with Gasteiger partial charge in [-0.05, 0) is 35.9 Å². The van der Waals surface area contributed by atoms with Gasteiger partial charge in [-0.15, -0.1) is 0 Å². The van der Waals surface area contributed by atoms with Crippen molar-refractivity contribution in [2.24, 2.45) is 0 Å². The number of benzene rings is 2. The van der Waals surface area contributed by atoms with Crippen molar-refractivity contribution in [2.75, 3.05) is 19.1 Å². The number of hydrogen-bond acceptors (Lipinski definition) is 5. The zero-order valence-electron chi connectivity index (χ0n) is 13.2. The zero-order chi connectivity index (χ0) is 17.1. The Morgan fingerprint density at radius 1 is 1.04 bits per heavy atom. The van der Waals surface area contributed by atoms with Gasteiger partial charge in [-0.25, -0.2) is 0 Å². The molecule has 3 rings (SSSR count). The number of ether oxygens (including phenoxy) is 2. The number of thiocarbonyl (C=S) groups is 1. The van der Waals surface area contributed by atoms with Gasteiger partial charge in [0.05, 0.1) is 24.8 Å². The first-order valence-corrected chi connectivity index (χ1v) is 8.41. The summed E-state index contributed by atoms with van der Waals surface area (Å²) in [5.41, 5.74) is 1.59. The minimum absolute atomic E-state index is 0.127. The summed E-state index contributed by atoms with van der Waals surface area (Å²) in [4.78, 5) is 14.8. The maximum atomic E-state index is 12.7. The van der Waals surface area contributed by atoms with Crippen LogP contribution in [0.1, 0.15) is 5.56 Å². The molecule has 4 nitrogen and oxygen atoms in total. The molecule has 1 saturated heterocycles. The van der Waals surface area contributed by atoms with Gasteiger partial charge in [-0.1, -0.05) is 42.2 Å². The van der Waals surface area contributed by atoms with Crippen LogP contribution in [0.3, 0.4) is 0 Å². The van der Waals surface area contributed by atoms with Gasteiger partial charge in [-0.2, -0.15) is 0 Å². The van der Waals surface area contributed by atoms with Crippen LogP contribution >= 0.6 is 24.0 Å². The van der Waals surface area contributed by atoms with Crippen LogP contribution in [0.4, 0.5) is 5.69 Å². The molecule has 2 aromatic rings. The van der Waals surface area contributed by atoms with E-state index in [1.165, 1.54) is 11.8 Å². The lowest BCUT2D eigenvalue weighted by atomic mass is 10.2. The lowest BCUT2D eigenvalue weighted by Crippen LogP contribution is -2.27. The van der Waals surface area contributed by atoms with Crippen LogP contribution in [0.15, 0.2) is 53.4 Å². The lowest BCUT2D eigenvalue weighted by molar-refractivity contribution is -0.113. The van der Waals surface area contributed by atoms with Crippen LogP contribution < -0.4 is 14.4 Å². The monoisotopic (exact) mass is 357 g/mol. The Labute approximate surface area is 150 Å². The fourth-order valence-corrected chi connectivity index (χ4v) is 3.63. The summed E-state index contributed by atoms with van der Waals surface area (Å²) in [5, 5.41) is 0. The largest absolute Gasteiger partial charge is 0.497 e. The fourth-order valence-electron chi connectivity index (χ4n) is 2.33. The third-order valence-electron chi connectivity index (χ3n) is 3.48. The van der Waals surface area contributed by atoms with E-state index >= 15 is 0 Å². The number of carbonyl (C=O) groups is 1. The molecule has 24 heavy (non-hydrogen) atoms. The number of para-hydroxylation sites is 1. The van der Waals surface area contributed by atoms with E-state index in [4.69, 9.17) is 21.7 Å². The molecule has 2 aromatic carbocycles. The van der Waals surface area contributed by atoms with Gasteiger partial charge in [0.2, 0.25) is 0 Å². The molecule has 1 aliphatic rings. The van der Waals surface area contributed by atoms with Crippen LogP contribution in [-0.2, 0) is 4.79 Å². The Morgan fingerprint density at radius 2 is 1.67 bits per heavy atom. The smallest absolute Gasteiger partial charge is 0.270 e. The van der Waals surface area contributed by atoms with Gasteiger partial charge in [-0.3, -0.25) is 9.69 Å². The Hall–Kier alpha value is -2.31. The molecule has 1 aliphatic heterocycles. The molecular formula is C18H15NO3S2. The van der Waals surface area contributed by atoms with E-state index in [2.05, 4.69) is 0 Å². The summed E-state index contributed by atoms with van der Waals surface area (Å²) in [6.45, 7) is 0. The number of nitrogens with zero attached hydrogens (tertiary/aromatic N) is 1. The van der Waals surface area contributed by atoms with Gasteiger partial charge in [0, 0.05) is 6.07 Å². The highest BCUT2D eigenvalue weighted by Crippen LogP contribution is 2.36. The molecule has 0 bridgehead atoms. The van der Waals surface area contributed by atoms with Crippen LogP contribution in [0.25, 0.3) is 6.08 Å². The highest BCUT2D eigenvalue weighted by atomic mass is 32.2. The van der Waals surface area contributed by atoms with Gasteiger partial charge in [0.1, 0.15) is 11.5 Å². The van der Waals surface area contributed by atoms with Crippen molar-refractivity contribution in [1.29, 1.82) is 0 Å². The number of amides is 1. The van der Waals surface area contributed by atoms with Crippen molar-refractivity contribution in [3.8, 4) is 11.5 Å². The van der Waals surface area contributed by atoms with Crippen molar-refractivity contribution >= 4 is 46.0 Å². The van der Waals surface area contributed by atoms with Crippen LogP contribution in [-0.4, -0.2) is 24.4 Å². The molecule has 1 heterocycles. The minimum Gasteiger partial charge on any atom is -0.497 e. The van der Waals surface area contributed by atoms with Crippen molar-refractivity contribution in [3.63, 3.8) is 0 Å². The Bertz CT molecular complexity index is 796. The normalized spacial score (nSPS) is 15.9. The number of hydrogen-bond donors (Lipinski definition) is 0. The highest BCUT2D eigenvalue weighted by molar-refractivity contribution is 8.27. The molecule has 0 aliphatic carbocycles. The third kappa shape index (κ3) is 3.29. The zero-order valence-corrected chi connectivity index (χ0v) is 14.8. The van der Waals surface area contributed by atoms with E-state index in [1.807, 2.05) is 42.5 Å². The maximum absolute atomic E-state index is 12.7. The molecule has 6 heteroatoms. The van der Waals surface area contributed by atoms with E-state index < -0.39 is 0 Å². The second-order valence-electron chi connectivity index (χ2n) is 5.00. The number of thioether (sulfide) groups is 1. The molecule has 122 valence electrons. The Morgan fingerprint density at radius 3 is 2.25 bits per heavy atom. The highest BCUT2D eigenvalue weighted by Gasteiger charge is 2.33. The number of rotatable bonds is 4. The fraction of sp³-hybridized carbons (Fsp3) is 0.111. The number of methoxy groups -OCH3 is 2. The summed E-state index contributed by atoms with van der Waals surface area (Å²) >= 11 is 6.65. The second-order valence-corrected chi connectivity index (χ2v) is 6.67. The predicted octanol–water partition coefficient (Wildman–Crippen LogP) is 4.11. The maximum Gasteiger partial charge on any atom is 0.270 e. The van der Waals surface area contributed by atoms with Crippen molar-refractivity contribution < 1.29 is 14.3 Å². The molecule has 0 spiro atoms. The first kappa shape index (κ1) is 16.5. The van der Waals surface area contributed by atoms with Crippen LogP contribution in [0.2, 0.25) is 0 Å². The molecule has 0 atom stereocenters. The van der Waals surface area contributed by atoms with E-state index in [-0.39, 0.29) is 5.91 Å². The first-order valence-electron chi connectivity index (χ1n) is 7.18. The second kappa shape index (κ2) is 7.07. The third-order valence-corrected chi connectivity index (χ3v) is 4.78. The average molecular weight is 357 g/mol. The summed E-state index contributed by atoms with van der Waals surface area (Å²) in [7, 11) is 3.18. The van der Waals surface area contributed by atoms with E-state index in [1.54, 1.807) is 31.3 Å². The Kier molecular flexibility index (Phi) is 4.87. The molecule has 0 aromatic heterocycles. The molecule has 0 saturated carbocycles. The van der Waals surface area contributed by atoms with Gasteiger partial charge < -0.3 is 9.47 Å². The van der Waals surface area contributed by atoms with Gasteiger partial charge >= 0.3 is 0 Å². The minimum atomic E-state index is -0.127. The number of anilines is 1. The first-order chi connectivity index (χ1) is 11.6. The van der Waals surface area contributed by atoms with E-state index in [0.29, 0.717) is 20.7 Å². The summed E-state index contributed by atoms with van der Waals surface area (Å²) in [5.74, 6) is 1.20. The SMILES string of the molecule is COc1cc(/C=C2/SC(=S)N(c3ccccc3)C2=O)cc(OC)c1. The van der Waals surface area contributed by atoms with Gasteiger partial charge in [0.15, 0.2) is 4.32 Å². The summed E-state index contributed by atoms with van der Waals surface area (Å²) < 4.78 is 11.0. The molecule has 0 N–H and O–H groups in total. The van der Waals surface area contributed by atoms with E-state index in [9.17, 15) is 4.79 Å². The molecule has 1 amide bonds.